The van der Waals surface area contributed by atoms with Gasteiger partial charge in [0.25, 0.3) is 11.8 Å². The summed E-state index contributed by atoms with van der Waals surface area (Å²) >= 11 is 0. The van der Waals surface area contributed by atoms with E-state index in [0.29, 0.717) is 11.1 Å². The summed E-state index contributed by atoms with van der Waals surface area (Å²) in [6.45, 7) is 4.50. The molecule has 6 rings (SSSR count). The van der Waals surface area contributed by atoms with Crippen LogP contribution < -0.4 is 0 Å². The number of carbonyl (C=O) groups is 2. The van der Waals surface area contributed by atoms with Gasteiger partial charge in [-0.3, -0.25) is 19.4 Å². The van der Waals surface area contributed by atoms with Crippen LogP contribution >= 0.6 is 0 Å². The van der Waals surface area contributed by atoms with Crippen LogP contribution in [0.15, 0.2) is 72.1 Å². The third-order valence-corrected chi connectivity index (χ3v) is 9.55. The minimum atomic E-state index is -0.124. The maximum Gasteiger partial charge on any atom is 0.263 e. The topological polar surface area (TPSA) is 40.6 Å². The SMILES string of the molecule is CCCCCCCCc1cccc2c1C1=C/C(=C3/C=C4c5c(cccc5CCCCCCCC)C=CN4C3=O)C(=O)N1C=C2. The van der Waals surface area contributed by atoms with E-state index < -0.39 is 0 Å². The molecule has 0 fully saturated rings. The molecule has 0 unspecified atom stereocenters. The fourth-order valence-electron chi connectivity index (χ4n) is 7.14. The fraction of sp³-hybridized carbons (Fsp3) is 0.400. The Labute approximate surface area is 263 Å². The van der Waals surface area contributed by atoms with Crippen molar-refractivity contribution in [3.8, 4) is 0 Å². The summed E-state index contributed by atoms with van der Waals surface area (Å²) in [4.78, 5) is 31.2. The summed E-state index contributed by atoms with van der Waals surface area (Å²) < 4.78 is 0. The van der Waals surface area contributed by atoms with E-state index in [9.17, 15) is 9.59 Å². The highest BCUT2D eigenvalue weighted by Gasteiger charge is 2.39. The van der Waals surface area contributed by atoms with Crippen molar-refractivity contribution in [3.05, 3.63) is 105 Å². The van der Waals surface area contributed by atoms with Crippen LogP contribution in [0, 0.1) is 0 Å². The van der Waals surface area contributed by atoms with Crippen LogP contribution in [0.3, 0.4) is 0 Å². The van der Waals surface area contributed by atoms with Gasteiger partial charge in [0.2, 0.25) is 0 Å². The molecule has 0 saturated heterocycles. The molecule has 2 aromatic carbocycles. The molecular weight excluding hydrogens is 540 g/mol. The largest absolute Gasteiger partial charge is 0.283 e. The Morgan fingerprint density at radius 1 is 0.523 bits per heavy atom. The summed E-state index contributed by atoms with van der Waals surface area (Å²) in [6, 6.07) is 12.9. The maximum atomic E-state index is 13.9. The molecule has 2 amide bonds. The van der Waals surface area contributed by atoms with Crippen LogP contribution in [0.1, 0.15) is 124 Å². The number of unbranched alkanes of at least 4 members (excludes halogenated alkanes) is 10. The zero-order valence-corrected chi connectivity index (χ0v) is 26.5. The Morgan fingerprint density at radius 3 is 1.36 bits per heavy atom. The molecular formula is C40H46N2O2. The first-order chi connectivity index (χ1) is 21.6. The summed E-state index contributed by atoms with van der Waals surface area (Å²) in [5, 5.41) is 0. The van der Waals surface area contributed by atoms with Gasteiger partial charge in [0.1, 0.15) is 0 Å². The Hall–Kier alpha value is -3.92. The number of fused-ring (bicyclic) bond motifs is 6. The monoisotopic (exact) mass is 586 g/mol. The van der Waals surface area contributed by atoms with Crippen LogP contribution in [0.2, 0.25) is 0 Å². The molecule has 0 N–H and O–H groups in total. The van der Waals surface area contributed by atoms with Crippen LogP contribution in [-0.2, 0) is 22.4 Å². The van der Waals surface area contributed by atoms with Gasteiger partial charge in [-0.1, -0.05) is 114 Å². The average molecular weight is 587 g/mol. The van der Waals surface area contributed by atoms with Gasteiger partial charge in [-0.15, -0.1) is 0 Å². The third-order valence-electron chi connectivity index (χ3n) is 9.55. The van der Waals surface area contributed by atoms with Crippen molar-refractivity contribution >= 4 is 35.4 Å². The molecule has 0 atom stereocenters. The second-order valence-corrected chi connectivity index (χ2v) is 12.7. The molecule has 0 saturated carbocycles. The number of rotatable bonds is 14. The Morgan fingerprint density at radius 2 is 0.932 bits per heavy atom. The lowest BCUT2D eigenvalue weighted by Gasteiger charge is -2.25. The van der Waals surface area contributed by atoms with Crippen molar-refractivity contribution in [3.63, 3.8) is 0 Å². The van der Waals surface area contributed by atoms with Crippen molar-refractivity contribution in [1.29, 1.82) is 0 Å². The highest BCUT2D eigenvalue weighted by Crippen LogP contribution is 2.43. The number of amides is 2. The number of benzene rings is 2. The van der Waals surface area contributed by atoms with Gasteiger partial charge in [0.05, 0.1) is 22.5 Å². The van der Waals surface area contributed by atoms with E-state index in [-0.39, 0.29) is 11.8 Å². The number of carbonyl (C=O) groups excluding carboxylic acids is 2. The summed E-state index contributed by atoms with van der Waals surface area (Å²) in [6.07, 6.45) is 28.8. The molecule has 4 heteroatoms. The van der Waals surface area contributed by atoms with E-state index in [1.54, 1.807) is 9.80 Å². The van der Waals surface area contributed by atoms with E-state index in [0.717, 1.165) is 59.3 Å². The van der Waals surface area contributed by atoms with Gasteiger partial charge < -0.3 is 0 Å². The molecule has 0 spiro atoms. The second-order valence-electron chi connectivity index (χ2n) is 12.7. The normalized spacial score (nSPS) is 18.0. The van der Waals surface area contributed by atoms with E-state index in [4.69, 9.17) is 0 Å². The predicted molar refractivity (Wildman–Crippen MR) is 182 cm³/mol. The number of hydrogen-bond donors (Lipinski definition) is 0. The fourth-order valence-corrected chi connectivity index (χ4v) is 7.14. The summed E-state index contributed by atoms with van der Waals surface area (Å²) in [5.41, 5.74) is 9.87. The van der Waals surface area contributed by atoms with Gasteiger partial charge >= 0.3 is 0 Å². The minimum absolute atomic E-state index is 0.124. The first-order valence-electron chi connectivity index (χ1n) is 17.1. The van der Waals surface area contributed by atoms with Crippen LogP contribution in [0.5, 0.6) is 0 Å². The highest BCUT2D eigenvalue weighted by atomic mass is 16.2. The average Bonchev–Trinajstić information content (AvgIpc) is 3.56. The van der Waals surface area contributed by atoms with E-state index in [2.05, 4.69) is 50.2 Å². The third kappa shape index (κ3) is 5.92. The first kappa shape index (κ1) is 30.1. The Kier molecular flexibility index (Phi) is 9.45. The van der Waals surface area contributed by atoms with Crippen molar-refractivity contribution in [2.24, 2.45) is 0 Å². The minimum Gasteiger partial charge on any atom is -0.283 e. The van der Waals surface area contributed by atoms with E-state index >= 15 is 0 Å². The standard InChI is InChI=1S/C40H46N2O2/c1-3-5-7-9-11-13-17-29-19-15-21-31-23-25-41-35(37(29)31)27-33(39(41)43)34-28-36-38-30(18-14-12-10-8-6-4-2)20-16-22-32(38)24-26-42(36)40(34)44/h15-16,19-28H,3-14,17-18H2,1-2H3/b34-33+. The van der Waals surface area contributed by atoms with Gasteiger partial charge in [0.15, 0.2) is 0 Å². The number of hydrogen-bond acceptors (Lipinski definition) is 2. The Bertz CT molecular complexity index is 1470. The lowest BCUT2D eigenvalue weighted by atomic mass is 9.92. The van der Waals surface area contributed by atoms with Crippen molar-refractivity contribution < 1.29 is 9.59 Å². The van der Waals surface area contributed by atoms with Gasteiger partial charge in [-0.25, -0.2) is 0 Å². The molecule has 0 radical (unpaired) electrons. The van der Waals surface area contributed by atoms with Crippen molar-refractivity contribution in [1.82, 2.24) is 9.80 Å². The van der Waals surface area contributed by atoms with Gasteiger partial charge in [-0.2, -0.15) is 0 Å². The molecule has 4 aliphatic heterocycles. The van der Waals surface area contributed by atoms with Gasteiger partial charge in [-0.05, 0) is 72.2 Å². The predicted octanol–water partition coefficient (Wildman–Crippen LogP) is 9.82. The lowest BCUT2D eigenvalue weighted by Crippen LogP contribution is -2.25. The van der Waals surface area contributed by atoms with Crippen molar-refractivity contribution in [2.75, 3.05) is 0 Å². The smallest absolute Gasteiger partial charge is 0.263 e. The highest BCUT2D eigenvalue weighted by molar-refractivity contribution is 6.20. The molecule has 228 valence electrons. The maximum absolute atomic E-state index is 13.9. The molecule has 2 aromatic rings. The molecule has 0 bridgehead atoms. The summed E-state index contributed by atoms with van der Waals surface area (Å²) in [7, 11) is 0. The molecule has 0 aromatic heterocycles. The van der Waals surface area contributed by atoms with E-state index in [1.807, 2.05) is 36.7 Å². The number of nitrogens with zero attached hydrogens (tertiary/aromatic N) is 2. The molecule has 4 nitrogen and oxygen atoms in total. The van der Waals surface area contributed by atoms with E-state index in [1.165, 1.54) is 75.3 Å². The summed E-state index contributed by atoms with van der Waals surface area (Å²) in [5.74, 6) is -0.248. The quantitative estimate of drug-likeness (QED) is 0.163. The molecule has 4 aliphatic rings. The Balaban J connectivity index is 1.29. The van der Waals surface area contributed by atoms with Crippen molar-refractivity contribution in [2.45, 2.75) is 104 Å². The molecule has 4 heterocycles. The van der Waals surface area contributed by atoms with Gasteiger partial charge in [0, 0.05) is 23.5 Å². The molecule has 0 aliphatic carbocycles. The zero-order chi connectivity index (χ0) is 30.5. The second kappa shape index (κ2) is 13.8. The first-order valence-corrected chi connectivity index (χ1v) is 17.1. The van der Waals surface area contributed by atoms with Crippen LogP contribution in [0.25, 0.3) is 23.5 Å². The molecule has 44 heavy (non-hydrogen) atoms. The zero-order valence-electron chi connectivity index (χ0n) is 26.5. The van der Waals surface area contributed by atoms with Crippen LogP contribution in [-0.4, -0.2) is 21.6 Å². The number of aryl methyl sites for hydroxylation is 2. The lowest BCUT2D eigenvalue weighted by molar-refractivity contribution is -0.123. The van der Waals surface area contributed by atoms with Crippen LogP contribution in [0.4, 0.5) is 0 Å².